The second kappa shape index (κ2) is 7.89. The molecule has 0 aromatic carbocycles. The van der Waals surface area contributed by atoms with Gasteiger partial charge in [0.25, 0.3) is 0 Å². The number of aliphatic imine (C=N–C) groups is 1. The lowest BCUT2D eigenvalue weighted by molar-refractivity contribution is 0.181. The van der Waals surface area contributed by atoms with E-state index in [-0.39, 0.29) is 0 Å². The summed E-state index contributed by atoms with van der Waals surface area (Å²) < 4.78 is 7.47. The van der Waals surface area contributed by atoms with Crippen molar-refractivity contribution in [2.24, 2.45) is 10.9 Å². The van der Waals surface area contributed by atoms with Crippen LogP contribution in [0.5, 0.6) is 0 Å². The molecule has 6 heteroatoms. The number of hydrogen-bond acceptors (Lipinski definition) is 3. The molecule has 2 rings (SSSR count). The van der Waals surface area contributed by atoms with Crippen LogP contribution in [0.1, 0.15) is 13.3 Å². The van der Waals surface area contributed by atoms with Crippen LogP contribution in [0.15, 0.2) is 23.7 Å². The third kappa shape index (κ3) is 4.52. The zero-order valence-corrected chi connectivity index (χ0v) is 12.5. The van der Waals surface area contributed by atoms with Crippen LogP contribution in [-0.4, -0.2) is 60.3 Å². The molecular formula is C14H25N5O. The van der Waals surface area contributed by atoms with E-state index >= 15 is 0 Å². The van der Waals surface area contributed by atoms with Gasteiger partial charge in [0.05, 0.1) is 19.5 Å². The largest absolute Gasteiger partial charge is 0.381 e. The van der Waals surface area contributed by atoms with Crippen molar-refractivity contribution in [2.45, 2.75) is 19.9 Å². The summed E-state index contributed by atoms with van der Waals surface area (Å²) in [5, 5.41) is 3.35. The van der Waals surface area contributed by atoms with E-state index in [1.165, 1.54) is 0 Å². The molecule has 0 amide bonds. The first-order chi connectivity index (χ1) is 9.79. The number of aromatic nitrogens is 2. The number of imidazole rings is 1. The molecule has 1 aliphatic heterocycles. The highest BCUT2D eigenvalue weighted by molar-refractivity contribution is 5.79. The minimum atomic E-state index is 0.623. The van der Waals surface area contributed by atoms with E-state index in [2.05, 4.69) is 34.2 Å². The molecule has 0 saturated carbocycles. The predicted molar refractivity (Wildman–Crippen MR) is 79.8 cm³/mol. The fraction of sp³-hybridized carbons (Fsp3) is 0.714. The summed E-state index contributed by atoms with van der Waals surface area (Å²) in [7, 11) is 2.09. The average molecular weight is 279 g/mol. The molecule has 1 aromatic rings. The quantitative estimate of drug-likeness (QED) is 0.619. The van der Waals surface area contributed by atoms with Crippen molar-refractivity contribution < 1.29 is 4.74 Å². The molecule has 1 saturated heterocycles. The Morgan fingerprint density at radius 1 is 1.60 bits per heavy atom. The van der Waals surface area contributed by atoms with E-state index < -0.39 is 0 Å². The summed E-state index contributed by atoms with van der Waals surface area (Å²) in [6.07, 6.45) is 6.73. The van der Waals surface area contributed by atoms with Crippen molar-refractivity contribution in [2.75, 3.05) is 39.9 Å². The maximum absolute atomic E-state index is 5.43. The summed E-state index contributed by atoms with van der Waals surface area (Å²) >= 11 is 0. The third-order valence-electron chi connectivity index (χ3n) is 3.43. The van der Waals surface area contributed by atoms with E-state index in [1.54, 1.807) is 6.20 Å². The van der Waals surface area contributed by atoms with Crippen LogP contribution in [0.4, 0.5) is 0 Å². The molecule has 1 unspecified atom stereocenters. The first kappa shape index (κ1) is 14.8. The molecule has 0 bridgehead atoms. The Balaban J connectivity index is 1.83. The average Bonchev–Trinajstić information content (AvgIpc) is 3.10. The van der Waals surface area contributed by atoms with Gasteiger partial charge in [0.15, 0.2) is 5.96 Å². The Morgan fingerprint density at radius 2 is 2.50 bits per heavy atom. The van der Waals surface area contributed by atoms with Crippen molar-refractivity contribution in [1.29, 1.82) is 0 Å². The van der Waals surface area contributed by atoms with E-state index in [0.717, 1.165) is 51.8 Å². The second-order valence-corrected chi connectivity index (χ2v) is 5.15. The topological polar surface area (TPSA) is 54.7 Å². The normalized spacial score (nSPS) is 19.3. The number of nitrogens with one attached hydrogen (secondary N) is 1. The molecule has 1 atom stereocenters. The molecule has 1 fully saturated rings. The Labute approximate surface area is 120 Å². The highest BCUT2D eigenvalue weighted by Crippen LogP contribution is 2.13. The van der Waals surface area contributed by atoms with Gasteiger partial charge >= 0.3 is 0 Å². The van der Waals surface area contributed by atoms with Gasteiger partial charge in [0, 0.05) is 51.6 Å². The molecule has 6 nitrogen and oxygen atoms in total. The molecule has 1 aromatic heterocycles. The van der Waals surface area contributed by atoms with Gasteiger partial charge in [-0.25, -0.2) is 4.98 Å². The Morgan fingerprint density at radius 3 is 3.15 bits per heavy atom. The van der Waals surface area contributed by atoms with Crippen molar-refractivity contribution in [3.63, 3.8) is 0 Å². The van der Waals surface area contributed by atoms with Gasteiger partial charge in [-0.1, -0.05) is 0 Å². The Kier molecular flexibility index (Phi) is 5.86. The summed E-state index contributed by atoms with van der Waals surface area (Å²) in [6, 6.07) is 0. The van der Waals surface area contributed by atoms with Crippen molar-refractivity contribution >= 4 is 5.96 Å². The molecule has 1 N–H and O–H groups in total. The summed E-state index contributed by atoms with van der Waals surface area (Å²) in [4.78, 5) is 10.9. The number of ether oxygens (including phenoxy) is 1. The molecule has 20 heavy (non-hydrogen) atoms. The van der Waals surface area contributed by atoms with Gasteiger partial charge in [-0.05, 0) is 13.3 Å². The molecule has 0 spiro atoms. The van der Waals surface area contributed by atoms with Crippen LogP contribution in [0.3, 0.4) is 0 Å². The van der Waals surface area contributed by atoms with Gasteiger partial charge < -0.3 is 19.5 Å². The first-order valence-corrected chi connectivity index (χ1v) is 7.32. The van der Waals surface area contributed by atoms with Crippen LogP contribution in [-0.2, 0) is 11.3 Å². The van der Waals surface area contributed by atoms with Crippen molar-refractivity contribution in [1.82, 2.24) is 19.8 Å². The summed E-state index contributed by atoms with van der Waals surface area (Å²) in [6.45, 7) is 7.36. The Hall–Kier alpha value is -1.56. The molecule has 0 aliphatic carbocycles. The van der Waals surface area contributed by atoms with Crippen LogP contribution < -0.4 is 5.32 Å². The van der Waals surface area contributed by atoms with Crippen molar-refractivity contribution in [3.8, 4) is 0 Å². The SMILES string of the molecule is CCNC(=NCCn1ccnc1)N(C)CC1CCOC1. The van der Waals surface area contributed by atoms with Gasteiger partial charge in [-0.15, -0.1) is 0 Å². The lowest BCUT2D eigenvalue weighted by Crippen LogP contribution is -2.41. The fourth-order valence-corrected chi connectivity index (χ4v) is 2.36. The number of rotatable bonds is 6. The number of guanidine groups is 1. The minimum absolute atomic E-state index is 0.623. The van der Waals surface area contributed by atoms with Crippen LogP contribution in [0.2, 0.25) is 0 Å². The van der Waals surface area contributed by atoms with E-state index in [4.69, 9.17) is 4.74 Å². The lowest BCUT2D eigenvalue weighted by Gasteiger charge is -2.24. The first-order valence-electron chi connectivity index (χ1n) is 7.32. The van der Waals surface area contributed by atoms with Gasteiger partial charge in [-0.3, -0.25) is 4.99 Å². The summed E-state index contributed by atoms with van der Waals surface area (Å²) in [5.74, 6) is 1.59. The molecular weight excluding hydrogens is 254 g/mol. The molecule has 112 valence electrons. The predicted octanol–water partition coefficient (Wildman–Crippen LogP) is 0.817. The van der Waals surface area contributed by atoms with E-state index in [9.17, 15) is 0 Å². The number of hydrogen-bond donors (Lipinski definition) is 1. The van der Waals surface area contributed by atoms with Crippen molar-refractivity contribution in [3.05, 3.63) is 18.7 Å². The highest BCUT2D eigenvalue weighted by atomic mass is 16.5. The van der Waals surface area contributed by atoms with Crippen LogP contribution in [0, 0.1) is 5.92 Å². The van der Waals surface area contributed by atoms with Gasteiger partial charge in [0.1, 0.15) is 0 Å². The molecule has 0 radical (unpaired) electrons. The zero-order chi connectivity index (χ0) is 14.2. The zero-order valence-electron chi connectivity index (χ0n) is 12.5. The van der Waals surface area contributed by atoms with E-state index in [1.807, 2.05) is 17.1 Å². The Bertz CT molecular complexity index is 398. The standard InChI is InChI=1S/C14H25N5O/c1-3-16-14(17-6-8-19-7-5-15-12-19)18(2)10-13-4-9-20-11-13/h5,7,12-13H,3-4,6,8-11H2,1-2H3,(H,16,17). The lowest BCUT2D eigenvalue weighted by atomic mass is 10.1. The van der Waals surface area contributed by atoms with Crippen LogP contribution >= 0.6 is 0 Å². The summed E-state index contributed by atoms with van der Waals surface area (Å²) in [5.41, 5.74) is 0. The van der Waals surface area contributed by atoms with Gasteiger partial charge in [-0.2, -0.15) is 0 Å². The maximum Gasteiger partial charge on any atom is 0.193 e. The monoisotopic (exact) mass is 279 g/mol. The number of nitrogens with zero attached hydrogens (tertiary/aromatic N) is 4. The molecule has 2 heterocycles. The third-order valence-corrected chi connectivity index (χ3v) is 3.43. The van der Waals surface area contributed by atoms with E-state index in [0.29, 0.717) is 5.92 Å². The fourth-order valence-electron chi connectivity index (χ4n) is 2.36. The minimum Gasteiger partial charge on any atom is -0.381 e. The maximum atomic E-state index is 5.43. The van der Waals surface area contributed by atoms with Gasteiger partial charge in [0.2, 0.25) is 0 Å². The second-order valence-electron chi connectivity index (χ2n) is 5.15. The van der Waals surface area contributed by atoms with Crippen LogP contribution in [0.25, 0.3) is 0 Å². The smallest absolute Gasteiger partial charge is 0.193 e. The highest BCUT2D eigenvalue weighted by Gasteiger charge is 2.18. The molecule has 1 aliphatic rings.